The Kier molecular flexibility index (Phi) is 3.91. The molecular formula is C13H20N4O. The number of nitrogens with one attached hydrogen (secondary N) is 1. The second-order valence-corrected chi connectivity index (χ2v) is 5.12. The highest BCUT2D eigenvalue weighted by molar-refractivity contribution is 5.77. The van der Waals surface area contributed by atoms with E-state index in [1.807, 2.05) is 6.92 Å². The SMILES string of the molecule is Cc1nccc(CNC(=O)CC2(N)CCCC2)n1. The molecule has 0 spiro atoms. The fraction of sp³-hybridized carbons (Fsp3) is 0.615. The van der Waals surface area contributed by atoms with Gasteiger partial charge in [0, 0.05) is 18.2 Å². The average Bonchev–Trinajstić information content (AvgIpc) is 2.73. The predicted octanol–water partition coefficient (Wildman–Crippen LogP) is 1.06. The first-order valence-corrected chi connectivity index (χ1v) is 6.42. The van der Waals surface area contributed by atoms with Gasteiger partial charge in [0.25, 0.3) is 0 Å². The van der Waals surface area contributed by atoms with Gasteiger partial charge in [-0.3, -0.25) is 4.79 Å². The van der Waals surface area contributed by atoms with Gasteiger partial charge in [0.1, 0.15) is 5.82 Å². The number of nitrogens with two attached hydrogens (primary N) is 1. The lowest BCUT2D eigenvalue weighted by molar-refractivity contribution is -0.122. The van der Waals surface area contributed by atoms with Gasteiger partial charge in [-0.2, -0.15) is 0 Å². The first kappa shape index (κ1) is 13.0. The van der Waals surface area contributed by atoms with E-state index in [4.69, 9.17) is 5.73 Å². The van der Waals surface area contributed by atoms with Crippen LogP contribution in [0.5, 0.6) is 0 Å². The van der Waals surface area contributed by atoms with E-state index in [0.717, 1.165) is 31.4 Å². The molecule has 1 amide bonds. The molecular weight excluding hydrogens is 228 g/mol. The minimum atomic E-state index is -0.286. The van der Waals surface area contributed by atoms with Crippen molar-refractivity contribution in [3.63, 3.8) is 0 Å². The normalized spacial score (nSPS) is 17.7. The van der Waals surface area contributed by atoms with Gasteiger partial charge in [-0.05, 0) is 25.8 Å². The van der Waals surface area contributed by atoms with Crippen LogP contribution in [0.3, 0.4) is 0 Å². The maximum atomic E-state index is 11.8. The summed E-state index contributed by atoms with van der Waals surface area (Å²) in [5, 5.41) is 2.87. The number of carbonyl (C=O) groups is 1. The third-order valence-electron chi connectivity index (χ3n) is 3.41. The number of rotatable bonds is 4. The Morgan fingerprint density at radius 3 is 2.89 bits per heavy atom. The van der Waals surface area contributed by atoms with Crippen LogP contribution in [0.2, 0.25) is 0 Å². The predicted molar refractivity (Wildman–Crippen MR) is 68.6 cm³/mol. The standard InChI is InChI=1S/C13H20N4O/c1-10-15-7-4-11(17-10)9-16-12(18)8-13(14)5-2-3-6-13/h4,7H,2-3,5-6,8-9,14H2,1H3,(H,16,18). The zero-order valence-electron chi connectivity index (χ0n) is 10.8. The van der Waals surface area contributed by atoms with Crippen molar-refractivity contribution < 1.29 is 4.79 Å². The summed E-state index contributed by atoms with van der Waals surface area (Å²) < 4.78 is 0. The Morgan fingerprint density at radius 1 is 1.50 bits per heavy atom. The number of carbonyl (C=O) groups excluding carboxylic acids is 1. The second-order valence-electron chi connectivity index (χ2n) is 5.12. The number of hydrogen-bond donors (Lipinski definition) is 2. The maximum absolute atomic E-state index is 11.8. The summed E-state index contributed by atoms with van der Waals surface area (Å²) in [4.78, 5) is 20.1. The minimum Gasteiger partial charge on any atom is -0.350 e. The Labute approximate surface area is 107 Å². The highest BCUT2D eigenvalue weighted by Crippen LogP contribution is 2.29. The fourth-order valence-electron chi connectivity index (χ4n) is 2.43. The zero-order chi connectivity index (χ0) is 13.0. The van der Waals surface area contributed by atoms with Gasteiger partial charge in [0.15, 0.2) is 0 Å². The van der Waals surface area contributed by atoms with Crippen LogP contribution >= 0.6 is 0 Å². The van der Waals surface area contributed by atoms with Crippen LogP contribution in [0.1, 0.15) is 43.6 Å². The Morgan fingerprint density at radius 2 is 2.22 bits per heavy atom. The van der Waals surface area contributed by atoms with Gasteiger partial charge >= 0.3 is 0 Å². The molecule has 1 fully saturated rings. The number of aryl methyl sites for hydroxylation is 1. The van der Waals surface area contributed by atoms with Gasteiger partial charge in [0.05, 0.1) is 12.2 Å². The molecule has 2 rings (SSSR count). The topological polar surface area (TPSA) is 80.9 Å². The Hall–Kier alpha value is -1.49. The molecule has 1 aliphatic carbocycles. The van der Waals surface area contributed by atoms with E-state index in [9.17, 15) is 4.79 Å². The monoisotopic (exact) mass is 248 g/mol. The lowest BCUT2D eigenvalue weighted by Crippen LogP contribution is -2.42. The van der Waals surface area contributed by atoms with E-state index >= 15 is 0 Å². The molecule has 1 aromatic heterocycles. The van der Waals surface area contributed by atoms with Crippen molar-refractivity contribution in [1.82, 2.24) is 15.3 Å². The number of hydrogen-bond acceptors (Lipinski definition) is 4. The molecule has 18 heavy (non-hydrogen) atoms. The van der Waals surface area contributed by atoms with Crippen molar-refractivity contribution in [2.75, 3.05) is 0 Å². The molecule has 0 aromatic carbocycles. The first-order chi connectivity index (χ1) is 8.57. The molecule has 5 nitrogen and oxygen atoms in total. The van der Waals surface area contributed by atoms with Crippen molar-refractivity contribution in [2.24, 2.45) is 5.73 Å². The van der Waals surface area contributed by atoms with E-state index in [1.54, 1.807) is 12.3 Å². The second kappa shape index (κ2) is 5.44. The Bertz CT molecular complexity index is 427. The van der Waals surface area contributed by atoms with Gasteiger partial charge in [-0.15, -0.1) is 0 Å². The van der Waals surface area contributed by atoms with Gasteiger partial charge in [0.2, 0.25) is 5.91 Å². The maximum Gasteiger partial charge on any atom is 0.222 e. The summed E-state index contributed by atoms with van der Waals surface area (Å²) in [7, 11) is 0. The molecule has 1 aromatic rings. The van der Waals surface area contributed by atoms with Crippen molar-refractivity contribution in [2.45, 2.75) is 51.1 Å². The lowest BCUT2D eigenvalue weighted by Gasteiger charge is -2.22. The molecule has 1 saturated carbocycles. The molecule has 0 radical (unpaired) electrons. The van der Waals surface area contributed by atoms with Crippen LogP contribution in [0.15, 0.2) is 12.3 Å². The summed E-state index contributed by atoms with van der Waals surface area (Å²) in [5.41, 5.74) is 6.71. The van der Waals surface area contributed by atoms with Crippen LogP contribution in [-0.4, -0.2) is 21.4 Å². The third kappa shape index (κ3) is 3.50. The molecule has 0 saturated heterocycles. The van der Waals surface area contributed by atoms with E-state index in [0.29, 0.717) is 18.8 Å². The molecule has 1 aliphatic rings. The summed E-state index contributed by atoms with van der Waals surface area (Å²) >= 11 is 0. The quantitative estimate of drug-likeness (QED) is 0.835. The molecule has 0 bridgehead atoms. The zero-order valence-corrected chi connectivity index (χ0v) is 10.8. The highest BCUT2D eigenvalue weighted by Gasteiger charge is 2.31. The molecule has 5 heteroatoms. The van der Waals surface area contributed by atoms with E-state index < -0.39 is 0 Å². The molecule has 0 unspecified atom stereocenters. The summed E-state index contributed by atoms with van der Waals surface area (Å²) in [6, 6.07) is 1.81. The van der Waals surface area contributed by atoms with Gasteiger partial charge < -0.3 is 11.1 Å². The van der Waals surface area contributed by atoms with Gasteiger partial charge in [-0.1, -0.05) is 12.8 Å². The van der Waals surface area contributed by atoms with Crippen LogP contribution in [0.4, 0.5) is 0 Å². The average molecular weight is 248 g/mol. The van der Waals surface area contributed by atoms with Crippen LogP contribution < -0.4 is 11.1 Å². The van der Waals surface area contributed by atoms with E-state index in [2.05, 4.69) is 15.3 Å². The van der Waals surface area contributed by atoms with Crippen LogP contribution in [0, 0.1) is 6.92 Å². The summed E-state index contributed by atoms with van der Waals surface area (Å²) in [5.74, 6) is 0.725. The van der Waals surface area contributed by atoms with E-state index in [-0.39, 0.29) is 11.4 Å². The smallest absolute Gasteiger partial charge is 0.222 e. The lowest BCUT2D eigenvalue weighted by atomic mass is 9.94. The van der Waals surface area contributed by atoms with Crippen LogP contribution in [-0.2, 0) is 11.3 Å². The van der Waals surface area contributed by atoms with Crippen molar-refractivity contribution >= 4 is 5.91 Å². The first-order valence-electron chi connectivity index (χ1n) is 6.42. The number of nitrogens with zero attached hydrogens (tertiary/aromatic N) is 2. The fourth-order valence-corrected chi connectivity index (χ4v) is 2.43. The van der Waals surface area contributed by atoms with E-state index in [1.165, 1.54) is 0 Å². The molecule has 0 atom stereocenters. The van der Waals surface area contributed by atoms with Gasteiger partial charge in [-0.25, -0.2) is 9.97 Å². The van der Waals surface area contributed by atoms with Crippen LogP contribution in [0.25, 0.3) is 0 Å². The summed E-state index contributed by atoms with van der Waals surface area (Å²) in [6.07, 6.45) is 6.28. The largest absolute Gasteiger partial charge is 0.350 e. The molecule has 3 N–H and O–H groups in total. The molecule has 1 heterocycles. The number of amides is 1. The highest BCUT2D eigenvalue weighted by atomic mass is 16.1. The molecule has 98 valence electrons. The number of aromatic nitrogens is 2. The van der Waals surface area contributed by atoms with Crippen molar-refractivity contribution in [3.05, 3.63) is 23.8 Å². The van der Waals surface area contributed by atoms with Crippen molar-refractivity contribution in [1.29, 1.82) is 0 Å². The minimum absolute atomic E-state index is 0.00988. The van der Waals surface area contributed by atoms with Crippen molar-refractivity contribution in [3.8, 4) is 0 Å². The third-order valence-corrected chi connectivity index (χ3v) is 3.41. The summed E-state index contributed by atoms with van der Waals surface area (Å²) in [6.45, 7) is 2.27. The Balaban J connectivity index is 1.81. The molecule has 0 aliphatic heterocycles.